The Bertz CT molecular complexity index is 990. The summed E-state index contributed by atoms with van der Waals surface area (Å²) in [6.07, 6.45) is 0. The molecule has 1 aliphatic carbocycles. The van der Waals surface area contributed by atoms with E-state index in [0.717, 1.165) is 16.3 Å². The van der Waals surface area contributed by atoms with Crippen LogP contribution in [0.15, 0.2) is 72.8 Å². The van der Waals surface area contributed by atoms with E-state index in [1.807, 2.05) is 73.7 Å². The normalized spacial score (nSPS) is 24.2. The lowest BCUT2D eigenvalue weighted by molar-refractivity contribution is -0.162. The highest BCUT2D eigenvalue weighted by Crippen LogP contribution is 2.53. The zero-order valence-electron chi connectivity index (χ0n) is 14.9. The molecule has 4 rings (SSSR count). The van der Waals surface area contributed by atoms with Gasteiger partial charge in [0.05, 0.1) is 11.8 Å². The van der Waals surface area contributed by atoms with Crippen LogP contribution in [0.3, 0.4) is 0 Å². The Balaban J connectivity index is 1.65. The second-order valence-electron chi connectivity index (χ2n) is 7.08. The summed E-state index contributed by atoms with van der Waals surface area (Å²) in [5.41, 5.74) is 0.864. The lowest BCUT2D eigenvalue weighted by Gasteiger charge is -2.47. The van der Waals surface area contributed by atoms with Gasteiger partial charge in [0.1, 0.15) is 5.75 Å². The molecule has 27 heavy (non-hydrogen) atoms. The molecule has 0 amide bonds. The summed E-state index contributed by atoms with van der Waals surface area (Å²) < 4.78 is 5.75. The number of benzene rings is 3. The smallest absolute Gasteiger partial charge is 0.315 e. The van der Waals surface area contributed by atoms with E-state index >= 15 is 0 Å². The molecule has 4 nitrogen and oxygen atoms in total. The van der Waals surface area contributed by atoms with Crippen molar-refractivity contribution in [1.82, 2.24) is 0 Å². The number of ether oxygens (including phenoxy) is 1. The van der Waals surface area contributed by atoms with E-state index in [1.54, 1.807) is 6.07 Å². The number of hydrogen-bond donors (Lipinski definition) is 1. The van der Waals surface area contributed by atoms with Crippen LogP contribution in [-0.2, 0) is 9.59 Å². The summed E-state index contributed by atoms with van der Waals surface area (Å²) in [4.78, 5) is 24.7. The van der Waals surface area contributed by atoms with E-state index in [1.165, 1.54) is 0 Å². The van der Waals surface area contributed by atoms with Crippen molar-refractivity contribution in [3.8, 4) is 5.75 Å². The van der Waals surface area contributed by atoms with Crippen LogP contribution in [0.5, 0.6) is 5.75 Å². The molecule has 0 aromatic heterocycles. The van der Waals surface area contributed by atoms with Crippen LogP contribution in [0.2, 0.25) is 0 Å². The SMILES string of the molecule is C[C@@H]1[C@@H](C(=O)O)[C@@H](c2ccccc2)[C@@H]1C(=O)Oc1cccc2ccccc12. The molecule has 4 atom stereocenters. The first-order chi connectivity index (χ1) is 13.1. The number of hydrogen-bond acceptors (Lipinski definition) is 3. The number of carboxylic acids is 1. The van der Waals surface area contributed by atoms with Crippen LogP contribution < -0.4 is 4.74 Å². The predicted molar refractivity (Wildman–Crippen MR) is 103 cm³/mol. The van der Waals surface area contributed by atoms with Crippen LogP contribution in [0.25, 0.3) is 10.8 Å². The van der Waals surface area contributed by atoms with Gasteiger partial charge >= 0.3 is 11.9 Å². The maximum absolute atomic E-state index is 13.0. The van der Waals surface area contributed by atoms with Gasteiger partial charge in [0.2, 0.25) is 0 Å². The lowest BCUT2D eigenvalue weighted by Crippen LogP contribution is -2.52. The Morgan fingerprint density at radius 3 is 2.26 bits per heavy atom. The predicted octanol–water partition coefficient (Wildman–Crippen LogP) is 4.50. The number of carbonyl (C=O) groups is 2. The van der Waals surface area contributed by atoms with Gasteiger partial charge in [0.15, 0.2) is 0 Å². The molecule has 0 aliphatic heterocycles. The maximum Gasteiger partial charge on any atom is 0.315 e. The minimum Gasteiger partial charge on any atom is -0.481 e. The van der Waals surface area contributed by atoms with E-state index in [2.05, 4.69) is 0 Å². The number of esters is 1. The fraction of sp³-hybridized carbons (Fsp3) is 0.217. The van der Waals surface area contributed by atoms with Gasteiger partial charge in [-0.1, -0.05) is 73.7 Å². The third kappa shape index (κ3) is 2.97. The molecule has 1 aliphatic rings. The van der Waals surface area contributed by atoms with Gasteiger partial charge in [-0.25, -0.2) is 0 Å². The van der Waals surface area contributed by atoms with E-state index in [0.29, 0.717) is 5.75 Å². The third-order valence-corrected chi connectivity index (χ3v) is 5.61. The van der Waals surface area contributed by atoms with Gasteiger partial charge in [0.25, 0.3) is 0 Å². The van der Waals surface area contributed by atoms with Gasteiger partial charge in [0, 0.05) is 11.3 Å². The molecular weight excluding hydrogens is 340 g/mol. The Hall–Kier alpha value is -3.14. The van der Waals surface area contributed by atoms with Gasteiger partial charge in [-0.2, -0.15) is 0 Å². The summed E-state index contributed by atoms with van der Waals surface area (Å²) in [6.45, 7) is 1.81. The molecule has 4 heteroatoms. The van der Waals surface area contributed by atoms with Gasteiger partial charge in [-0.05, 0) is 22.9 Å². The molecule has 0 bridgehead atoms. The quantitative estimate of drug-likeness (QED) is 0.550. The zero-order chi connectivity index (χ0) is 19.0. The molecule has 136 valence electrons. The van der Waals surface area contributed by atoms with Crippen molar-refractivity contribution in [2.24, 2.45) is 17.8 Å². The van der Waals surface area contributed by atoms with Crippen LogP contribution in [-0.4, -0.2) is 17.0 Å². The van der Waals surface area contributed by atoms with Crippen molar-refractivity contribution < 1.29 is 19.4 Å². The highest BCUT2D eigenvalue weighted by molar-refractivity contribution is 5.91. The van der Waals surface area contributed by atoms with Crippen LogP contribution in [0.1, 0.15) is 18.4 Å². The molecule has 0 spiro atoms. The molecule has 0 saturated heterocycles. The Labute approximate surface area is 157 Å². The number of rotatable bonds is 4. The summed E-state index contributed by atoms with van der Waals surface area (Å²) in [5, 5.41) is 11.5. The summed E-state index contributed by atoms with van der Waals surface area (Å²) in [5.74, 6) is -2.45. The second kappa shape index (κ2) is 6.88. The highest BCUT2D eigenvalue weighted by atomic mass is 16.5. The largest absolute Gasteiger partial charge is 0.481 e. The summed E-state index contributed by atoms with van der Waals surface area (Å²) in [6, 6.07) is 22.7. The first-order valence-electron chi connectivity index (χ1n) is 9.05. The van der Waals surface area contributed by atoms with E-state index < -0.39 is 17.8 Å². The minimum atomic E-state index is -0.870. The first-order valence-corrected chi connectivity index (χ1v) is 9.05. The Morgan fingerprint density at radius 1 is 0.852 bits per heavy atom. The molecule has 1 fully saturated rings. The summed E-state index contributed by atoms with van der Waals surface area (Å²) >= 11 is 0. The van der Waals surface area contributed by atoms with Crippen LogP contribution >= 0.6 is 0 Å². The third-order valence-electron chi connectivity index (χ3n) is 5.61. The number of carboxylic acid groups (broad SMARTS) is 1. The monoisotopic (exact) mass is 360 g/mol. The van der Waals surface area contributed by atoms with Crippen molar-refractivity contribution in [3.63, 3.8) is 0 Å². The highest BCUT2D eigenvalue weighted by Gasteiger charge is 2.56. The minimum absolute atomic E-state index is 0.282. The van der Waals surface area contributed by atoms with Crippen molar-refractivity contribution in [2.45, 2.75) is 12.8 Å². The van der Waals surface area contributed by atoms with Gasteiger partial charge in [-0.3, -0.25) is 9.59 Å². The fourth-order valence-corrected chi connectivity index (χ4v) is 4.25. The van der Waals surface area contributed by atoms with Gasteiger partial charge < -0.3 is 9.84 Å². The molecule has 0 heterocycles. The number of carbonyl (C=O) groups excluding carboxylic acids is 1. The van der Waals surface area contributed by atoms with Crippen molar-refractivity contribution >= 4 is 22.7 Å². The van der Waals surface area contributed by atoms with E-state index in [4.69, 9.17) is 4.74 Å². The molecule has 0 unspecified atom stereocenters. The number of aliphatic carboxylic acids is 1. The maximum atomic E-state index is 13.0. The van der Waals surface area contributed by atoms with E-state index in [-0.39, 0.29) is 17.8 Å². The van der Waals surface area contributed by atoms with Crippen molar-refractivity contribution in [2.75, 3.05) is 0 Å². The van der Waals surface area contributed by atoms with Gasteiger partial charge in [-0.15, -0.1) is 0 Å². The molecule has 1 N–H and O–H groups in total. The summed E-state index contributed by atoms with van der Waals surface area (Å²) in [7, 11) is 0. The standard InChI is InChI=1S/C23H20O4/c1-14-19(22(24)25)21(16-9-3-2-4-10-16)20(14)23(26)27-18-13-7-11-15-8-5-6-12-17(15)18/h2-14,19-21H,1H3,(H,24,25)/t14-,19-,20-,21-/m1/s1. The molecular formula is C23H20O4. The van der Waals surface area contributed by atoms with Crippen molar-refractivity contribution in [3.05, 3.63) is 78.4 Å². The van der Waals surface area contributed by atoms with E-state index in [9.17, 15) is 14.7 Å². The Kier molecular flexibility index (Phi) is 4.40. The number of fused-ring (bicyclic) bond motifs is 1. The average molecular weight is 360 g/mol. The fourth-order valence-electron chi connectivity index (χ4n) is 4.25. The molecule has 3 aromatic rings. The molecule has 3 aromatic carbocycles. The van der Waals surface area contributed by atoms with Crippen molar-refractivity contribution in [1.29, 1.82) is 0 Å². The average Bonchev–Trinajstić information content (AvgIpc) is 2.66. The molecule has 0 radical (unpaired) electrons. The van der Waals surface area contributed by atoms with Crippen LogP contribution in [0, 0.1) is 17.8 Å². The second-order valence-corrected chi connectivity index (χ2v) is 7.08. The molecule has 1 saturated carbocycles. The first kappa shape index (κ1) is 17.3. The topological polar surface area (TPSA) is 63.6 Å². The zero-order valence-corrected chi connectivity index (χ0v) is 14.9. The lowest BCUT2D eigenvalue weighted by atomic mass is 9.55. The van der Waals surface area contributed by atoms with Crippen LogP contribution in [0.4, 0.5) is 0 Å². The Morgan fingerprint density at radius 2 is 1.52 bits per heavy atom.